The van der Waals surface area contributed by atoms with Crippen molar-refractivity contribution in [2.24, 2.45) is 0 Å². The van der Waals surface area contributed by atoms with E-state index in [1.807, 2.05) is 30.3 Å². The normalized spacial score (nSPS) is 23.2. The first kappa shape index (κ1) is 23.2. The molecule has 0 saturated carbocycles. The molecule has 0 bridgehead atoms. The van der Waals surface area contributed by atoms with Crippen LogP contribution >= 0.6 is 0 Å². The Balaban J connectivity index is 2.56. The van der Waals surface area contributed by atoms with Crippen LogP contribution in [0.15, 0.2) is 55.6 Å². The lowest BCUT2D eigenvalue weighted by Gasteiger charge is -2.53. The van der Waals surface area contributed by atoms with E-state index in [1.165, 1.54) is 31.3 Å². The molecule has 1 fully saturated rings. The summed E-state index contributed by atoms with van der Waals surface area (Å²) in [6.45, 7) is 7.47. The van der Waals surface area contributed by atoms with Gasteiger partial charge in [0.1, 0.15) is 17.7 Å². The molecular weight excluding hydrogens is 386 g/mol. The van der Waals surface area contributed by atoms with Crippen LogP contribution in [0.25, 0.3) is 0 Å². The van der Waals surface area contributed by atoms with Gasteiger partial charge in [-0.3, -0.25) is 4.90 Å². The van der Waals surface area contributed by atoms with E-state index in [-0.39, 0.29) is 19.4 Å². The number of ether oxygens (including phenoxy) is 3. The fraction of sp³-hybridized carbons (Fsp3) is 0.435. The Kier molecular flexibility index (Phi) is 7.80. The van der Waals surface area contributed by atoms with E-state index in [9.17, 15) is 14.4 Å². The molecule has 162 valence electrons. The van der Waals surface area contributed by atoms with Crippen LogP contribution in [-0.4, -0.2) is 48.2 Å². The third-order valence-corrected chi connectivity index (χ3v) is 5.52. The quantitative estimate of drug-likeness (QED) is 0.365. The molecule has 0 aliphatic carbocycles. The Labute approximate surface area is 177 Å². The predicted octanol–water partition coefficient (Wildman–Crippen LogP) is 3.78. The number of rotatable bonds is 8. The van der Waals surface area contributed by atoms with E-state index in [0.717, 1.165) is 5.56 Å². The van der Waals surface area contributed by atoms with E-state index in [2.05, 4.69) is 13.2 Å². The van der Waals surface area contributed by atoms with Crippen LogP contribution in [-0.2, 0) is 30.4 Å². The van der Waals surface area contributed by atoms with Gasteiger partial charge in [-0.05, 0) is 37.7 Å². The number of amides is 1. The Morgan fingerprint density at radius 1 is 0.967 bits per heavy atom. The van der Waals surface area contributed by atoms with Crippen LogP contribution in [0.2, 0.25) is 0 Å². The zero-order valence-electron chi connectivity index (χ0n) is 17.6. The highest BCUT2D eigenvalue weighted by molar-refractivity contribution is 5.93. The van der Waals surface area contributed by atoms with Gasteiger partial charge in [0, 0.05) is 0 Å². The molecule has 1 heterocycles. The van der Waals surface area contributed by atoms with E-state index in [4.69, 9.17) is 14.2 Å². The van der Waals surface area contributed by atoms with Gasteiger partial charge >= 0.3 is 18.0 Å². The van der Waals surface area contributed by atoms with Crippen molar-refractivity contribution in [3.63, 3.8) is 0 Å². The van der Waals surface area contributed by atoms with Crippen molar-refractivity contribution in [3.8, 4) is 0 Å². The van der Waals surface area contributed by atoms with E-state index in [0.29, 0.717) is 19.3 Å². The van der Waals surface area contributed by atoms with Gasteiger partial charge in [0.05, 0.1) is 14.2 Å². The van der Waals surface area contributed by atoms with Crippen molar-refractivity contribution >= 4 is 18.0 Å². The van der Waals surface area contributed by atoms with Crippen LogP contribution in [0, 0.1) is 0 Å². The van der Waals surface area contributed by atoms with Gasteiger partial charge < -0.3 is 14.2 Å². The smallest absolute Gasteiger partial charge is 0.412 e. The van der Waals surface area contributed by atoms with Gasteiger partial charge in [0.25, 0.3) is 0 Å². The van der Waals surface area contributed by atoms with Crippen molar-refractivity contribution in [1.29, 1.82) is 0 Å². The Morgan fingerprint density at radius 3 is 1.90 bits per heavy atom. The molecule has 7 heteroatoms. The highest BCUT2D eigenvalue weighted by Gasteiger charge is 2.61. The van der Waals surface area contributed by atoms with Gasteiger partial charge in [-0.15, -0.1) is 13.2 Å². The lowest BCUT2D eigenvalue weighted by molar-refractivity contribution is -0.176. The second kappa shape index (κ2) is 10.1. The molecule has 2 unspecified atom stereocenters. The second-order valence-electron chi connectivity index (χ2n) is 7.26. The van der Waals surface area contributed by atoms with Crippen LogP contribution < -0.4 is 0 Å². The van der Waals surface area contributed by atoms with Crippen molar-refractivity contribution in [2.45, 2.75) is 49.8 Å². The fourth-order valence-electron chi connectivity index (χ4n) is 4.24. The third kappa shape index (κ3) is 4.25. The number of hydrogen-bond donors (Lipinski definition) is 0. The molecule has 0 N–H and O–H groups in total. The number of benzene rings is 1. The molecule has 1 aromatic carbocycles. The SMILES string of the molecule is C=CCC1(C(=O)OC)CCCC(CC=C)(C(=O)OC)N1C(=O)OCc1ccccc1. The van der Waals surface area contributed by atoms with Gasteiger partial charge in [-0.2, -0.15) is 0 Å². The van der Waals surface area contributed by atoms with Gasteiger partial charge in [-0.25, -0.2) is 14.4 Å². The lowest BCUT2D eigenvalue weighted by Crippen LogP contribution is -2.71. The summed E-state index contributed by atoms with van der Waals surface area (Å²) in [6.07, 6.45) is 3.62. The minimum Gasteiger partial charge on any atom is -0.467 e. The van der Waals surface area contributed by atoms with Gasteiger partial charge in [-0.1, -0.05) is 42.5 Å². The van der Waals surface area contributed by atoms with Gasteiger partial charge in [0.15, 0.2) is 0 Å². The number of carbonyl (C=O) groups excluding carboxylic acids is 3. The molecule has 1 aliphatic heterocycles. The minimum absolute atomic E-state index is 0.00709. The summed E-state index contributed by atoms with van der Waals surface area (Å²) in [5, 5.41) is 0. The van der Waals surface area contributed by atoms with E-state index >= 15 is 0 Å². The number of likely N-dealkylation sites (tertiary alicyclic amines) is 1. The maximum Gasteiger partial charge on any atom is 0.412 e. The first-order valence-electron chi connectivity index (χ1n) is 9.81. The topological polar surface area (TPSA) is 82.1 Å². The Bertz CT molecular complexity index is 754. The highest BCUT2D eigenvalue weighted by Crippen LogP contribution is 2.45. The summed E-state index contributed by atoms with van der Waals surface area (Å²) in [5.74, 6) is -1.26. The average molecular weight is 415 g/mol. The summed E-state index contributed by atoms with van der Waals surface area (Å²) in [6, 6.07) is 9.15. The van der Waals surface area contributed by atoms with Crippen LogP contribution in [0.4, 0.5) is 4.79 Å². The number of methoxy groups -OCH3 is 2. The van der Waals surface area contributed by atoms with E-state index in [1.54, 1.807) is 0 Å². The van der Waals surface area contributed by atoms with Crippen molar-refractivity contribution in [3.05, 3.63) is 61.2 Å². The van der Waals surface area contributed by atoms with Crippen molar-refractivity contribution in [1.82, 2.24) is 4.90 Å². The highest BCUT2D eigenvalue weighted by atomic mass is 16.6. The molecule has 1 amide bonds. The first-order chi connectivity index (χ1) is 14.4. The van der Waals surface area contributed by atoms with Crippen LogP contribution in [0.3, 0.4) is 0 Å². The predicted molar refractivity (Wildman–Crippen MR) is 111 cm³/mol. The standard InChI is InChI=1S/C23H29NO6/c1-5-13-22(19(25)28-3)15-10-16-23(14-6-2,20(26)29-4)24(22)21(27)30-17-18-11-8-7-9-12-18/h5-9,11-12H,1-2,10,13-17H2,3-4H3. The van der Waals surface area contributed by atoms with Crippen molar-refractivity contribution in [2.75, 3.05) is 14.2 Å². The molecule has 1 aliphatic rings. The number of piperidine rings is 1. The molecule has 0 spiro atoms. The average Bonchev–Trinajstić information content (AvgIpc) is 2.77. The van der Waals surface area contributed by atoms with Gasteiger partial charge in [0.2, 0.25) is 0 Å². The summed E-state index contributed by atoms with van der Waals surface area (Å²) in [5.41, 5.74) is -2.08. The maximum absolute atomic E-state index is 13.4. The molecule has 0 aromatic heterocycles. The molecule has 7 nitrogen and oxygen atoms in total. The number of carbonyl (C=O) groups is 3. The molecule has 2 atom stereocenters. The number of esters is 2. The molecule has 2 rings (SSSR count). The molecule has 1 saturated heterocycles. The third-order valence-electron chi connectivity index (χ3n) is 5.52. The fourth-order valence-corrected chi connectivity index (χ4v) is 4.24. The first-order valence-corrected chi connectivity index (χ1v) is 9.81. The summed E-state index contributed by atoms with van der Waals surface area (Å²) >= 11 is 0. The molecule has 1 aromatic rings. The monoisotopic (exact) mass is 415 g/mol. The summed E-state index contributed by atoms with van der Waals surface area (Å²) in [4.78, 5) is 40.6. The van der Waals surface area contributed by atoms with Crippen molar-refractivity contribution < 1.29 is 28.6 Å². The minimum atomic E-state index is -1.43. The largest absolute Gasteiger partial charge is 0.467 e. The second-order valence-corrected chi connectivity index (χ2v) is 7.26. The van der Waals surface area contributed by atoms with E-state index < -0.39 is 29.1 Å². The lowest BCUT2D eigenvalue weighted by atomic mass is 9.73. The number of hydrogen-bond acceptors (Lipinski definition) is 6. The Morgan fingerprint density at radius 2 is 1.47 bits per heavy atom. The molecular formula is C23H29NO6. The van der Waals surface area contributed by atoms with Crippen LogP contribution in [0.1, 0.15) is 37.7 Å². The Hall–Kier alpha value is -3.09. The maximum atomic E-state index is 13.4. The summed E-state index contributed by atoms with van der Waals surface area (Å²) < 4.78 is 15.7. The summed E-state index contributed by atoms with van der Waals surface area (Å²) in [7, 11) is 2.51. The zero-order chi connectivity index (χ0) is 22.2. The zero-order valence-corrected chi connectivity index (χ0v) is 17.6. The molecule has 30 heavy (non-hydrogen) atoms. The number of nitrogens with zero attached hydrogens (tertiary/aromatic N) is 1. The molecule has 0 radical (unpaired) electrons. The van der Waals surface area contributed by atoms with Crippen LogP contribution in [0.5, 0.6) is 0 Å².